The number of hydrogen-bond donors (Lipinski definition) is 2. The van der Waals surface area contributed by atoms with Crippen molar-refractivity contribution in [3.63, 3.8) is 0 Å². The second-order valence-corrected chi connectivity index (χ2v) is 7.64. The summed E-state index contributed by atoms with van der Waals surface area (Å²) >= 11 is 18.1. The summed E-state index contributed by atoms with van der Waals surface area (Å²) in [5.41, 5.74) is 3.20. The highest BCUT2D eigenvalue weighted by atomic mass is 35.5. The molecule has 0 aliphatic heterocycles. The lowest BCUT2D eigenvalue weighted by molar-refractivity contribution is -0.714. The van der Waals surface area contributed by atoms with Crippen LogP contribution >= 0.6 is 34.8 Å². The van der Waals surface area contributed by atoms with Gasteiger partial charge < -0.3 is 10.6 Å². The van der Waals surface area contributed by atoms with E-state index in [2.05, 4.69) is 34.9 Å². The van der Waals surface area contributed by atoms with Crippen molar-refractivity contribution in [1.82, 2.24) is 0 Å². The molecule has 2 atom stereocenters. The fourth-order valence-electron chi connectivity index (χ4n) is 3.29. The Hall–Kier alpha value is -1.26. The van der Waals surface area contributed by atoms with Crippen molar-refractivity contribution >= 4 is 46.4 Å². The van der Waals surface area contributed by atoms with E-state index in [4.69, 9.17) is 34.8 Å². The number of fused-ring (bicyclic) bond motifs is 1. The van der Waals surface area contributed by atoms with E-state index in [1.807, 2.05) is 6.92 Å². The Morgan fingerprint density at radius 1 is 1.16 bits per heavy atom. The first-order chi connectivity index (χ1) is 12.0. The van der Waals surface area contributed by atoms with Crippen LogP contribution in [0.5, 0.6) is 0 Å². The molecule has 0 saturated heterocycles. The van der Waals surface area contributed by atoms with Crippen molar-refractivity contribution in [3.05, 3.63) is 62.6 Å². The molecule has 0 aromatic heterocycles. The van der Waals surface area contributed by atoms with Crippen molar-refractivity contribution in [2.45, 2.75) is 38.3 Å². The van der Waals surface area contributed by atoms with E-state index in [-0.39, 0.29) is 11.9 Å². The number of hydrogen-bond acceptors (Lipinski definition) is 1. The van der Waals surface area contributed by atoms with Gasteiger partial charge >= 0.3 is 0 Å². The Bertz CT molecular complexity index is 794. The summed E-state index contributed by atoms with van der Waals surface area (Å²) in [5, 5.41) is 6.07. The minimum absolute atomic E-state index is 0.108. The van der Waals surface area contributed by atoms with Crippen LogP contribution in [-0.2, 0) is 11.2 Å². The molecule has 132 valence electrons. The van der Waals surface area contributed by atoms with Crippen LogP contribution in [-0.4, -0.2) is 11.9 Å². The summed E-state index contributed by atoms with van der Waals surface area (Å²) in [4.78, 5) is 12.6. The molecule has 3 N–H and O–H groups in total. The first kappa shape index (κ1) is 18.5. The van der Waals surface area contributed by atoms with E-state index >= 15 is 0 Å². The summed E-state index contributed by atoms with van der Waals surface area (Å²) in [7, 11) is 0. The first-order valence-corrected chi connectivity index (χ1v) is 9.47. The number of carbonyl (C=O) groups is 1. The predicted octanol–water partition coefficient (Wildman–Crippen LogP) is 4.61. The van der Waals surface area contributed by atoms with Gasteiger partial charge in [-0.15, -0.1) is 0 Å². The summed E-state index contributed by atoms with van der Waals surface area (Å²) in [5.74, 6) is -0.108. The summed E-state index contributed by atoms with van der Waals surface area (Å²) < 4.78 is 0. The van der Waals surface area contributed by atoms with E-state index < -0.39 is 0 Å². The molecule has 0 radical (unpaired) electrons. The van der Waals surface area contributed by atoms with Gasteiger partial charge in [-0.2, -0.15) is 0 Å². The molecule has 2 aromatic rings. The highest BCUT2D eigenvalue weighted by molar-refractivity contribution is 6.44. The minimum atomic E-state index is -0.248. The largest absolute Gasteiger partial charge is 0.330 e. The van der Waals surface area contributed by atoms with Gasteiger partial charge in [0.15, 0.2) is 6.04 Å². The summed E-state index contributed by atoms with van der Waals surface area (Å²) in [6.07, 6.45) is 3.33. The van der Waals surface area contributed by atoms with Gasteiger partial charge in [0.2, 0.25) is 0 Å². The molecule has 3 nitrogen and oxygen atoms in total. The lowest BCUT2D eigenvalue weighted by atomic mass is 9.87. The predicted molar refractivity (Wildman–Crippen MR) is 104 cm³/mol. The zero-order valence-electron chi connectivity index (χ0n) is 13.9. The van der Waals surface area contributed by atoms with Crippen LogP contribution < -0.4 is 10.6 Å². The topological polar surface area (TPSA) is 45.7 Å². The third-order valence-electron chi connectivity index (χ3n) is 4.62. The minimum Gasteiger partial charge on any atom is -0.330 e. The van der Waals surface area contributed by atoms with Crippen LogP contribution in [0.1, 0.15) is 36.9 Å². The fraction of sp³-hybridized carbons (Fsp3) is 0.316. The molecule has 0 heterocycles. The average Bonchev–Trinajstić information content (AvgIpc) is 2.60. The number of amides is 1. The molecule has 0 spiro atoms. The van der Waals surface area contributed by atoms with Gasteiger partial charge in [-0.1, -0.05) is 59.1 Å². The van der Waals surface area contributed by atoms with Crippen LogP contribution in [0.4, 0.5) is 5.69 Å². The first-order valence-electron chi connectivity index (χ1n) is 8.34. The van der Waals surface area contributed by atoms with E-state index in [9.17, 15) is 4.79 Å². The van der Waals surface area contributed by atoms with Crippen LogP contribution in [0.2, 0.25) is 15.1 Å². The molecule has 3 rings (SSSR count). The number of halogens is 3. The lowest BCUT2D eigenvalue weighted by Gasteiger charge is -2.26. The molecule has 0 bridgehead atoms. The summed E-state index contributed by atoms with van der Waals surface area (Å²) in [6, 6.07) is 11.6. The van der Waals surface area contributed by atoms with Crippen LogP contribution in [0.3, 0.4) is 0 Å². The number of aryl methyl sites for hydroxylation is 1. The maximum absolute atomic E-state index is 12.6. The molecule has 1 amide bonds. The van der Waals surface area contributed by atoms with Gasteiger partial charge in [-0.25, -0.2) is 0 Å². The number of quaternary nitrogens is 1. The molecule has 6 heteroatoms. The molecule has 0 saturated carbocycles. The molecular formula is C19H20Cl3N2O+. The molecule has 2 aromatic carbocycles. The van der Waals surface area contributed by atoms with Gasteiger partial charge in [0.25, 0.3) is 5.91 Å². The SMILES string of the molecule is C[C@H]([NH2+][C@@H]1CCCc2ccccc21)C(=O)Nc1cc(Cl)c(Cl)cc1Cl. The maximum Gasteiger partial charge on any atom is 0.282 e. The van der Waals surface area contributed by atoms with Crippen LogP contribution in [0.25, 0.3) is 0 Å². The fourth-order valence-corrected chi connectivity index (χ4v) is 3.89. The molecular weight excluding hydrogens is 379 g/mol. The monoisotopic (exact) mass is 397 g/mol. The Morgan fingerprint density at radius 2 is 1.88 bits per heavy atom. The number of carbonyl (C=O) groups excluding carboxylic acids is 1. The van der Waals surface area contributed by atoms with Gasteiger partial charge in [0, 0.05) is 12.0 Å². The Morgan fingerprint density at radius 3 is 2.68 bits per heavy atom. The van der Waals surface area contributed by atoms with E-state index in [1.54, 1.807) is 6.07 Å². The average molecular weight is 399 g/mol. The third-order valence-corrected chi connectivity index (χ3v) is 5.65. The van der Waals surface area contributed by atoms with Crippen LogP contribution in [0.15, 0.2) is 36.4 Å². The smallest absolute Gasteiger partial charge is 0.282 e. The van der Waals surface area contributed by atoms with Gasteiger partial charge in [-0.3, -0.25) is 4.79 Å². The molecule has 1 aliphatic rings. The zero-order valence-corrected chi connectivity index (χ0v) is 16.1. The Labute approximate surface area is 162 Å². The number of nitrogens with one attached hydrogen (secondary N) is 1. The van der Waals surface area contributed by atoms with Crippen molar-refractivity contribution in [1.29, 1.82) is 0 Å². The Balaban J connectivity index is 1.69. The number of benzene rings is 2. The normalized spacial score (nSPS) is 17.7. The molecule has 0 unspecified atom stereocenters. The van der Waals surface area contributed by atoms with Crippen molar-refractivity contribution in [2.75, 3.05) is 5.32 Å². The van der Waals surface area contributed by atoms with Crippen molar-refractivity contribution < 1.29 is 10.1 Å². The van der Waals surface area contributed by atoms with Gasteiger partial charge in [0.05, 0.1) is 20.8 Å². The highest BCUT2D eigenvalue weighted by Crippen LogP contribution is 2.32. The molecule has 25 heavy (non-hydrogen) atoms. The second-order valence-electron chi connectivity index (χ2n) is 6.41. The second kappa shape index (κ2) is 7.96. The lowest BCUT2D eigenvalue weighted by Crippen LogP contribution is -2.92. The highest BCUT2D eigenvalue weighted by Gasteiger charge is 2.27. The quantitative estimate of drug-likeness (QED) is 0.726. The number of nitrogens with two attached hydrogens (primary N) is 1. The van der Waals surface area contributed by atoms with Gasteiger partial charge in [-0.05, 0) is 37.5 Å². The zero-order chi connectivity index (χ0) is 18.0. The molecule has 1 aliphatic carbocycles. The number of rotatable bonds is 4. The van der Waals surface area contributed by atoms with Crippen molar-refractivity contribution in [2.24, 2.45) is 0 Å². The van der Waals surface area contributed by atoms with E-state index in [0.717, 1.165) is 19.3 Å². The molecule has 0 fully saturated rings. The third kappa shape index (κ3) is 4.29. The maximum atomic E-state index is 12.6. The number of anilines is 1. The van der Waals surface area contributed by atoms with Crippen molar-refractivity contribution in [3.8, 4) is 0 Å². The standard InChI is InChI=1S/C19H19Cl3N2O/c1-11(19(25)24-18-10-15(21)14(20)9-16(18)22)23-17-8-4-6-12-5-2-3-7-13(12)17/h2-3,5,7,9-11,17,23H,4,6,8H2,1H3,(H,24,25)/p+1/t11-,17+/m0/s1. The van der Waals surface area contributed by atoms with E-state index in [0.29, 0.717) is 26.8 Å². The van der Waals surface area contributed by atoms with Crippen LogP contribution in [0, 0.1) is 0 Å². The van der Waals surface area contributed by atoms with Gasteiger partial charge in [0.1, 0.15) is 6.04 Å². The van der Waals surface area contributed by atoms with E-state index in [1.165, 1.54) is 17.2 Å². The summed E-state index contributed by atoms with van der Waals surface area (Å²) in [6.45, 7) is 1.90. The Kier molecular flexibility index (Phi) is 5.90.